The lowest BCUT2D eigenvalue weighted by atomic mass is 10.2. The molecular weight excluding hydrogens is 228 g/mol. The van der Waals surface area contributed by atoms with Crippen LogP contribution in [0.5, 0.6) is 0 Å². The van der Waals surface area contributed by atoms with Crippen LogP contribution in [0.1, 0.15) is 32.3 Å². The summed E-state index contributed by atoms with van der Waals surface area (Å²) < 4.78 is 0. The molecule has 0 aliphatic heterocycles. The average molecular weight is 248 g/mol. The minimum Gasteiger partial charge on any atom is -0.512 e. The van der Waals surface area contributed by atoms with Crippen LogP contribution in [0.4, 0.5) is 0 Å². The monoisotopic (exact) mass is 248 g/mol. The van der Waals surface area contributed by atoms with Crippen molar-refractivity contribution in [2.24, 2.45) is 0 Å². The van der Waals surface area contributed by atoms with E-state index in [0.717, 1.165) is 6.42 Å². The quantitative estimate of drug-likeness (QED) is 0.624. The van der Waals surface area contributed by atoms with Crippen molar-refractivity contribution >= 4 is 12.0 Å². The molecule has 2 N–H and O–H groups in total. The van der Waals surface area contributed by atoms with Crippen LogP contribution in [0.15, 0.2) is 48.2 Å². The molecule has 0 unspecified atom stereocenters. The predicted molar refractivity (Wildman–Crippen MR) is 74.4 cm³/mol. The van der Waals surface area contributed by atoms with E-state index in [1.54, 1.807) is 0 Å². The first-order chi connectivity index (χ1) is 8.52. The van der Waals surface area contributed by atoms with E-state index in [4.69, 9.17) is 10.2 Å². The van der Waals surface area contributed by atoms with Crippen molar-refractivity contribution in [1.29, 1.82) is 0 Å². The number of carbonyl (C=O) groups is 1. The van der Waals surface area contributed by atoms with Gasteiger partial charge in [-0.25, -0.2) is 4.79 Å². The van der Waals surface area contributed by atoms with Crippen molar-refractivity contribution in [3.63, 3.8) is 0 Å². The van der Waals surface area contributed by atoms with Gasteiger partial charge in [-0.3, -0.25) is 0 Å². The van der Waals surface area contributed by atoms with Crippen LogP contribution in [-0.4, -0.2) is 16.2 Å². The Morgan fingerprint density at radius 2 is 1.83 bits per heavy atom. The van der Waals surface area contributed by atoms with Gasteiger partial charge in [0.15, 0.2) is 0 Å². The van der Waals surface area contributed by atoms with E-state index in [0.29, 0.717) is 6.42 Å². The molecule has 1 aromatic carbocycles. The lowest BCUT2D eigenvalue weighted by Crippen LogP contribution is -2.00. The smallest absolute Gasteiger partial charge is 0.334 e. The Balaban J connectivity index is 0.000000327. The van der Waals surface area contributed by atoms with Crippen LogP contribution in [0.3, 0.4) is 0 Å². The number of hydrogen-bond donors (Lipinski definition) is 2. The number of aliphatic hydroxyl groups is 1. The van der Waals surface area contributed by atoms with Gasteiger partial charge < -0.3 is 10.2 Å². The molecule has 1 aromatic rings. The molecule has 0 saturated carbocycles. The largest absolute Gasteiger partial charge is 0.512 e. The maximum Gasteiger partial charge on any atom is 0.334 e. The van der Waals surface area contributed by atoms with E-state index in [1.165, 1.54) is 12.5 Å². The average Bonchev–Trinajstić information content (AvgIpc) is 2.39. The van der Waals surface area contributed by atoms with Gasteiger partial charge in [0.2, 0.25) is 0 Å². The molecule has 3 nitrogen and oxygen atoms in total. The fourth-order valence-electron chi connectivity index (χ4n) is 1.14. The maximum atomic E-state index is 10.2. The van der Waals surface area contributed by atoms with Crippen LogP contribution in [0.25, 0.3) is 6.08 Å². The van der Waals surface area contributed by atoms with Crippen LogP contribution < -0.4 is 0 Å². The molecule has 0 radical (unpaired) electrons. The van der Waals surface area contributed by atoms with Gasteiger partial charge >= 0.3 is 5.97 Å². The Kier molecular flexibility index (Phi) is 8.03. The normalized spacial score (nSPS) is 10.8. The summed E-state index contributed by atoms with van der Waals surface area (Å²) in [7, 11) is 0. The lowest BCUT2D eigenvalue weighted by Gasteiger charge is -1.98. The molecule has 3 heteroatoms. The highest BCUT2D eigenvalue weighted by Gasteiger charge is 2.05. The Morgan fingerprint density at radius 1 is 1.28 bits per heavy atom. The molecule has 18 heavy (non-hydrogen) atoms. The minimum atomic E-state index is -1.05. The molecule has 0 bridgehead atoms. The second-order valence-corrected chi connectivity index (χ2v) is 3.74. The number of rotatable bonds is 4. The van der Waals surface area contributed by atoms with Crippen molar-refractivity contribution in [3.8, 4) is 0 Å². The molecule has 0 aromatic heterocycles. The SMILES string of the molecule is C=Cc1ccccc1.CCC/C(O)=C(/C)C(=O)O. The number of allylic oxidation sites excluding steroid dienone is 1. The highest BCUT2D eigenvalue weighted by Crippen LogP contribution is 2.06. The van der Waals surface area contributed by atoms with E-state index in [2.05, 4.69) is 6.58 Å². The van der Waals surface area contributed by atoms with E-state index in [1.807, 2.05) is 43.3 Å². The second kappa shape index (κ2) is 9.05. The molecule has 0 amide bonds. The topological polar surface area (TPSA) is 57.5 Å². The zero-order valence-corrected chi connectivity index (χ0v) is 10.9. The number of benzene rings is 1. The predicted octanol–water partition coefficient (Wildman–Crippen LogP) is 4.03. The van der Waals surface area contributed by atoms with Crippen LogP contribution in [0.2, 0.25) is 0 Å². The van der Waals surface area contributed by atoms with Gasteiger partial charge in [0.25, 0.3) is 0 Å². The molecule has 0 heterocycles. The Morgan fingerprint density at radius 3 is 2.17 bits per heavy atom. The third kappa shape index (κ3) is 6.53. The van der Waals surface area contributed by atoms with Crippen molar-refractivity contribution in [1.82, 2.24) is 0 Å². The summed E-state index contributed by atoms with van der Waals surface area (Å²) in [4.78, 5) is 10.2. The van der Waals surface area contributed by atoms with E-state index >= 15 is 0 Å². The van der Waals surface area contributed by atoms with Crippen LogP contribution >= 0.6 is 0 Å². The zero-order chi connectivity index (χ0) is 14.0. The van der Waals surface area contributed by atoms with Crippen LogP contribution in [-0.2, 0) is 4.79 Å². The summed E-state index contributed by atoms with van der Waals surface area (Å²) in [6, 6.07) is 10.0. The molecule has 0 spiro atoms. The molecule has 0 fully saturated rings. The van der Waals surface area contributed by atoms with Crippen molar-refractivity contribution in [3.05, 3.63) is 53.8 Å². The summed E-state index contributed by atoms with van der Waals surface area (Å²) in [6.07, 6.45) is 3.04. The third-order valence-corrected chi connectivity index (χ3v) is 2.28. The standard InChI is InChI=1S/C8H8.C7H12O3/c1-2-8-6-4-3-5-7-8;1-3-4-6(8)5(2)7(9)10/h2-7H,1H2;8H,3-4H2,1-2H3,(H,9,10)/b;6-5+. The van der Waals surface area contributed by atoms with E-state index in [-0.39, 0.29) is 11.3 Å². The molecule has 0 saturated heterocycles. The van der Waals surface area contributed by atoms with E-state index in [9.17, 15) is 4.79 Å². The lowest BCUT2D eigenvalue weighted by molar-refractivity contribution is -0.132. The van der Waals surface area contributed by atoms with Crippen LogP contribution in [0, 0.1) is 0 Å². The number of carboxylic acid groups (broad SMARTS) is 1. The van der Waals surface area contributed by atoms with Gasteiger partial charge in [0.05, 0.1) is 5.57 Å². The third-order valence-electron chi connectivity index (χ3n) is 2.28. The molecular formula is C15H20O3. The number of hydrogen-bond acceptors (Lipinski definition) is 2. The zero-order valence-electron chi connectivity index (χ0n) is 10.9. The number of carboxylic acids is 1. The number of aliphatic carboxylic acids is 1. The molecule has 0 atom stereocenters. The molecule has 1 rings (SSSR count). The summed E-state index contributed by atoms with van der Waals surface area (Å²) >= 11 is 0. The second-order valence-electron chi connectivity index (χ2n) is 3.74. The Hall–Kier alpha value is -2.03. The fraction of sp³-hybridized carbons (Fsp3) is 0.267. The van der Waals surface area contributed by atoms with Crippen molar-refractivity contribution in [2.45, 2.75) is 26.7 Å². The van der Waals surface area contributed by atoms with Gasteiger partial charge in [-0.1, -0.05) is 49.9 Å². The van der Waals surface area contributed by atoms with E-state index < -0.39 is 5.97 Å². The minimum absolute atomic E-state index is 0.0185. The first-order valence-electron chi connectivity index (χ1n) is 5.82. The number of aliphatic hydroxyl groups excluding tert-OH is 1. The summed E-state index contributed by atoms with van der Waals surface area (Å²) in [5.74, 6) is -1.07. The van der Waals surface area contributed by atoms with Gasteiger partial charge in [-0.2, -0.15) is 0 Å². The summed E-state index contributed by atoms with van der Waals surface area (Å²) in [6.45, 7) is 6.91. The maximum absolute atomic E-state index is 10.2. The first kappa shape index (κ1) is 16.0. The molecule has 0 aliphatic carbocycles. The van der Waals surface area contributed by atoms with Crippen molar-refractivity contribution in [2.75, 3.05) is 0 Å². The van der Waals surface area contributed by atoms with Gasteiger partial charge in [-0.05, 0) is 18.9 Å². The Bertz CT molecular complexity index is 405. The van der Waals surface area contributed by atoms with Crippen molar-refractivity contribution < 1.29 is 15.0 Å². The highest BCUT2D eigenvalue weighted by molar-refractivity contribution is 5.86. The summed E-state index contributed by atoms with van der Waals surface area (Å²) in [5, 5.41) is 17.3. The fourth-order valence-corrected chi connectivity index (χ4v) is 1.14. The Labute approximate surface area is 108 Å². The molecule has 0 aliphatic rings. The first-order valence-corrected chi connectivity index (χ1v) is 5.82. The summed E-state index contributed by atoms with van der Waals surface area (Å²) in [5.41, 5.74) is 1.22. The molecule has 98 valence electrons. The highest BCUT2D eigenvalue weighted by atomic mass is 16.4. The van der Waals surface area contributed by atoms with Gasteiger partial charge in [0, 0.05) is 6.42 Å². The van der Waals surface area contributed by atoms with Gasteiger partial charge in [0.1, 0.15) is 5.76 Å². The van der Waals surface area contributed by atoms with Gasteiger partial charge in [-0.15, -0.1) is 0 Å².